The van der Waals surface area contributed by atoms with Crippen LogP contribution in [0.2, 0.25) is 0 Å². The summed E-state index contributed by atoms with van der Waals surface area (Å²) in [5, 5.41) is 11.3. The van der Waals surface area contributed by atoms with Crippen molar-refractivity contribution in [3.8, 4) is 5.75 Å². The van der Waals surface area contributed by atoms with Crippen molar-refractivity contribution in [1.29, 1.82) is 0 Å². The molecule has 0 N–H and O–H groups in total. The molecule has 1 unspecified atom stereocenters. The summed E-state index contributed by atoms with van der Waals surface area (Å²) in [5.41, 5.74) is 2.49. The molecule has 0 saturated heterocycles. The van der Waals surface area contributed by atoms with Crippen LogP contribution < -0.4 is 19.6 Å². The van der Waals surface area contributed by atoms with Gasteiger partial charge in [-0.3, -0.25) is 19.5 Å². The lowest BCUT2D eigenvalue weighted by atomic mass is 9.96. The van der Waals surface area contributed by atoms with Crippen LogP contribution in [0.4, 0.5) is 5.69 Å². The molecule has 4 aromatic rings. The average molecular weight is 556 g/mol. The predicted octanol–water partition coefficient (Wildman–Crippen LogP) is 4.29. The molecule has 0 saturated carbocycles. The Morgan fingerprint density at radius 2 is 1.85 bits per heavy atom. The summed E-state index contributed by atoms with van der Waals surface area (Å²) in [6.45, 7) is 3.71. The molecule has 1 aliphatic heterocycles. The number of rotatable bonds is 8. The van der Waals surface area contributed by atoms with Gasteiger partial charge in [0.15, 0.2) is 4.80 Å². The highest BCUT2D eigenvalue weighted by Gasteiger charge is 2.33. The first-order valence-corrected chi connectivity index (χ1v) is 13.4. The molecule has 0 radical (unpaired) electrons. The number of nitro benzene ring substituents is 1. The van der Waals surface area contributed by atoms with Crippen molar-refractivity contribution in [2.45, 2.75) is 26.5 Å². The number of nitrogens with zero attached hydrogens (tertiary/aromatic N) is 3. The summed E-state index contributed by atoms with van der Waals surface area (Å²) in [6.07, 6.45) is 1.74. The van der Waals surface area contributed by atoms with Crippen molar-refractivity contribution < 1.29 is 19.2 Å². The molecule has 0 spiro atoms. The summed E-state index contributed by atoms with van der Waals surface area (Å²) in [4.78, 5) is 42.7. The Morgan fingerprint density at radius 1 is 1.10 bits per heavy atom. The third-order valence-electron chi connectivity index (χ3n) is 6.37. The third-order valence-corrected chi connectivity index (χ3v) is 7.35. The van der Waals surface area contributed by atoms with Gasteiger partial charge in [-0.05, 0) is 49.2 Å². The molecule has 1 atom stereocenters. The molecule has 1 aliphatic rings. The summed E-state index contributed by atoms with van der Waals surface area (Å²) >= 11 is 1.23. The van der Waals surface area contributed by atoms with Gasteiger partial charge in [-0.1, -0.05) is 65.9 Å². The van der Waals surface area contributed by atoms with Gasteiger partial charge in [0.25, 0.3) is 11.2 Å². The zero-order valence-corrected chi connectivity index (χ0v) is 22.6. The maximum absolute atomic E-state index is 13.7. The minimum atomic E-state index is -0.671. The Labute approximate surface area is 233 Å². The van der Waals surface area contributed by atoms with Gasteiger partial charge in [0, 0.05) is 6.07 Å². The van der Waals surface area contributed by atoms with Gasteiger partial charge in [-0.15, -0.1) is 0 Å². The summed E-state index contributed by atoms with van der Waals surface area (Å²) in [5.74, 6) is -0.00216. The number of carbonyl (C=O) groups is 1. The van der Waals surface area contributed by atoms with Crippen LogP contribution in [0.3, 0.4) is 0 Å². The molecule has 0 bridgehead atoms. The third kappa shape index (κ3) is 5.34. The maximum atomic E-state index is 13.7. The molecule has 0 aliphatic carbocycles. The first kappa shape index (κ1) is 26.8. The molecule has 0 fully saturated rings. The van der Waals surface area contributed by atoms with Crippen molar-refractivity contribution in [2.75, 3.05) is 6.61 Å². The lowest BCUT2D eigenvalue weighted by molar-refractivity contribution is -0.385. The van der Waals surface area contributed by atoms with Crippen molar-refractivity contribution in [3.63, 3.8) is 0 Å². The van der Waals surface area contributed by atoms with E-state index in [1.807, 2.05) is 36.4 Å². The Hall–Kier alpha value is -4.83. The van der Waals surface area contributed by atoms with E-state index in [1.54, 1.807) is 60.9 Å². The van der Waals surface area contributed by atoms with Crippen molar-refractivity contribution >= 4 is 29.1 Å². The second-order valence-electron chi connectivity index (χ2n) is 8.96. The average Bonchev–Trinajstić information content (AvgIpc) is 3.25. The molecule has 9 nitrogen and oxygen atoms in total. The Kier molecular flexibility index (Phi) is 7.70. The van der Waals surface area contributed by atoms with Gasteiger partial charge in [-0.25, -0.2) is 9.79 Å². The number of nitro groups is 1. The minimum Gasteiger partial charge on any atom is -0.489 e. The van der Waals surface area contributed by atoms with Crippen LogP contribution >= 0.6 is 11.3 Å². The van der Waals surface area contributed by atoms with Crippen LogP contribution in [0.15, 0.2) is 99.9 Å². The quantitative estimate of drug-likeness (QED) is 0.182. The molecule has 3 aromatic carbocycles. The number of hydrogen-bond donors (Lipinski definition) is 0. The molecule has 2 heterocycles. The number of benzene rings is 3. The van der Waals surface area contributed by atoms with Gasteiger partial charge >= 0.3 is 5.97 Å². The molecule has 1 aromatic heterocycles. The number of aromatic nitrogens is 1. The van der Waals surface area contributed by atoms with E-state index < -0.39 is 16.9 Å². The number of fused-ring (bicyclic) bond motifs is 1. The van der Waals surface area contributed by atoms with E-state index in [0.29, 0.717) is 37.5 Å². The standard InChI is InChI=1S/C30H25N3O6S/c1-3-38-29(35)26-19(2)31-30-32(27(26)21-11-5-4-6-12-21)28(34)25(40-30)17-20-10-9-14-23(16-20)39-18-22-13-7-8-15-24(22)33(36)37/h4-17,27H,3,18H2,1-2H3. The number of carbonyl (C=O) groups excluding carboxylic acids is 1. The number of hydrogen-bond acceptors (Lipinski definition) is 8. The highest BCUT2D eigenvalue weighted by molar-refractivity contribution is 7.07. The fourth-order valence-electron chi connectivity index (χ4n) is 4.56. The van der Waals surface area contributed by atoms with Gasteiger partial charge in [0.2, 0.25) is 0 Å². The van der Waals surface area contributed by atoms with Crippen LogP contribution in [-0.2, 0) is 16.1 Å². The lowest BCUT2D eigenvalue weighted by Gasteiger charge is -2.24. The number of ether oxygens (including phenoxy) is 2. The topological polar surface area (TPSA) is 113 Å². The first-order valence-electron chi connectivity index (χ1n) is 12.6. The normalized spacial score (nSPS) is 14.8. The fraction of sp³-hybridized carbons (Fsp3) is 0.167. The van der Waals surface area contributed by atoms with Gasteiger partial charge in [0.1, 0.15) is 12.4 Å². The largest absolute Gasteiger partial charge is 0.489 e. The fourth-order valence-corrected chi connectivity index (χ4v) is 5.61. The highest BCUT2D eigenvalue weighted by atomic mass is 32.1. The van der Waals surface area contributed by atoms with Gasteiger partial charge in [-0.2, -0.15) is 0 Å². The molecule has 10 heteroatoms. The van der Waals surface area contributed by atoms with Gasteiger partial charge < -0.3 is 9.47 Å². The minimum absolute atomic E-state index is 0.00906. The van der Waals surface area contributed by atoms with E-state index in [9.17, 15) is 19.7 Å². The Morgan fingerprint density at radius 3 is 2.60 bits per heavy atom. The second-order valence-corrected chi connectivity index (χ2v) is 9.97. The first-order chi connectivity index (χ1) is 19.4. The highest BCUT2D eigenvalue weighted by Crippen LogP contribution is 2.30. The number of esters is 1. The zero-order valence-electron chi connectivity index (χ0n) is 21.8. The van der Waals surface area contributed by atoms with E-state index in [2.05, 4.69) is 4.99 Å². The summed E-state index contributed by atoms with van der Waals surface area (Å²) in [6, 6.07) is 22.2. The monoisotopic (exact) mass is 555 g/mol. The van der Waals surface area contributed by atoms with E-state index >= 15 is 0 Å². The van der Waals surface area contributed by atoms with Crippen molar-refractivity contribution in [1.82, 2.24) is 4.57 Å². The van der Waals surface area contributed by atoms with Crippen LogP contribution in [0.5, 0.6) is 5.75 Å². The van der Waals surface area contributed by atoms with Crippen LogP contribution in [0.1, 0.15) is 36.6 Å². The summed E-state index contributed by atoms with van der Waals surface area (Å²) in [7, 11) is 0. The molecule has 5 rings (SSSR count). The maximum Gasteiger partial charge on any atom is 0.338 e. The van der Waals surface area contributed by atoms with Crippen LogP contribution in [0.25, 0.3) is 6.08 Å². The zero-order chi connectivity index (χ0) is 28.2. The van der Waals surface area contributed by atoms with Crippen molar-refractivity contribution in [3.05, 3.63) is 137 Å². The molecule has 40 heavy (non-hydrogen) atoms. The van der Waals surface area contributed by atoms with E-state index in [1.165, 1.54) is 17.4 Å². The number of thiazole rings is 1. The number of allylic oxidation sites excluding steroid dienone is 1. The Balaban J connectivity index is 1.52. The molecular formula is C30H25N3O6S. The van der Waals surface area contributed by atoms with Crippen LogP contribution in [-0.4, -0.2) is 22.1 Å². The summed E-state index contributed by atoms with van der Waals surface area (Å²) < 4.78 is 13.1. The molecule has 0 amide bonds. The molecule has 202 valence electrons. The molecular weight excluding hydrogens is 530 g/mol. The number of para-hydroxylation sites is 1. The van der Waals surface area contributed by atoms with E-state index in [4.69, 9.17) is 9.47 Å². The SMILES string of the molecule is CCOC(=O)C1=C(C)N=c2sc(=Cc3cccc(OCc4ccccc4[N+](=O)[O-])c3)c(=O)n2C1c1ccccc1. The lowest BCUT2D eigenvalue weighted by Crippen LogP contribution is -2.39. The second kappa shape index (κ2) is 11.5. The van der Waals surface area contributed by atoms with Crippen LogP contribution in [0, 0.1) is 10.1 Å². The predicted molar refractivity (Wildman–Crippen MR) is 151 cm³/mol. The van der Waals surface area contributed by atoms with E-state index in [0.717, 1.165) is 5.56 Å². The Bertz CT molecular complexity index is 1810. The van der Waals surface area contributed by atoms with Gasteiger partial charge in [0.05, 0.1) is 38.9 Å². The van der Waals surface area contributed by atoms with E-state index in [-0.39, 0.29) is 24.5 Å². The van der Waals surface area contributed by atoms with Crippen molar-refractivity contribution in [2.24, 2.45) is 4.99 Å². The smallest absolute Gasteiger partial charge is 0.338 e.